The van der Waals surface area contributed by atoms with Crippen molar-refractivity contribution in [2.45, 2.75) is 58.3 Å². The van der Waals surface area contributed by atoms with Crippen molar-refractivity contribution in [3.8, 4) is 0 Å². The van der Waals surface area contributed by atoms with Crippen LogP contribution in [0.3, 0.4) is 0 Å². The van der Waals surface area contributed by atoms with Crippen LogP contribution in [-0.2, 0) is 71.6 Å². The summed E-state index contributed by atoms with van der Waals surface area (Å²) in [7, 11) is 0. The zero-order chi connectivity index (χ0) is 38.7. The standard InChI is InChI=1S/C32H58N2O17S/c1-4-7-42-10-15-48-23-28(35)33-20-27(34-29(36)24-50-51-25(2)3)32(41)52-19-18-45-16-17-49-26(21-46-13-11-43-8-5-30(37)38)22-47-14-12-44-9-6-31(39)40/h25-27H,4-24H2,1-3H3,(H,33,35)(H,34,36)(H,37,38)(H,39,40). The largest absolute Gasteiger partial charge is 0.481 e. The van der Waals surface area contributed by atoms with E-state index in [4.69, 9.17) is 57.9 Å². The Labute approximate surface area is 309 Å². The number of carbonyl (C=O) groups excluding carboxylic acids is 3. The lowest BCUT2D eigenvalue weighted by molar-refractivity contribution is -0.311. The summed E-state index contributed by atoms with van der Waals surface area (Å²) in [5, 5.41) is 22.1. The summed E-state index contributed by atoms with van der Waals surface area (Å²) < 4.78 is 43.5. The van der Waals surface area contributed by atoms with E-state index >= 15 is 0 Å². The molecule has 1 unspecified atom stereocenters. The van der Waals surface area contributed by atoms with Crippen molar-refractivity contribution in [3.63, 3.8) is 0 Å². The molecule has 4 N–H and O–H groups in total. The van der Waals surface area contributed by atoms with Crippen molar-refractivity contribution in [3.05, 3.63) is 0 Å². The highest BCUT2D eigenvalue weighted by Crippen LogP contribution is 2.07. The van der Waals surface area contributed by atoms with Gasteiger partial charge in [0.05, 0.1) is 105 Å². The molecule has 0 aromatic carbocycles. The molecule has 20 heteroatoms. The van der Waals surface area contributed by atoms with E-state index in [1.54, 1.807) is 13.8 Å². The van der Waals surface area contributed by atoms with E-state index < -0.39 is 47.6 Å². The van der Waals surface area contributed by atoms with Gasteiger partial charge in [0.1, 0.15) is 18.8 Å². The molecule has 0 fully saturated rings. The summed E-state index contributed by atoms with van der Waals surface area (Å²) in [6, 6.07) is -1.05. The number of carbonyl (C=O) groups is 5. The molecule has 0 aliphatic rings. The van der Waals surface area contributed by atoms with Gasteiger partial charge in [-0.1, -0.05) is 18.7 Å². The van der Waals surface area contributed by atoms with E-state index in [-0.39, 0.29) is 117 Å². The Morgan fingerprint density at radius 2 is 1.17 bits per heavy atom. The second-order valence-corrected chi connectivity index (χ2v) is 12.0. The van der Waals surface area contributed by atoms with Crippen LogP contribution in [0.15, 0.2) is 0 Å². The number of hydrogen-bond acceptors (Lipinski definition) is 16. The van der Waals surface area contributed by atoms with Crippen LogP contribution in [0.25, 0.3) is 0 Å². The van der Waals surface area contributed by atoms with Crippen LogP contribution in [-0.4, -0.2) is 175 Å². The molecule has 304 valence electrons. The van der Waals surface area contributed by atoms with Crippen LogP contribution in [0.1, 0.15) is 40.0 Å². The number of hydrogen-bond donors (Lipinski definition) is 4. The lowest BCUT2D eigenvalue weighted by Crippen LogP contribution is -2.49. The Morgan fingerprint density at radius 3 is 1.75 bits per heavy atom. The fourth-order valence-corrected chi connectivity index (χ4v) is 4.20. The lowest BCUT2D eigenvalue weighted by Gasteiger charge is -2.19. The van der Waals surface area contributed by atoms with E-state index in [1.807, 2.05) is 6.92 Å². The van der Waals surface area contributed by atoms with Crippen LogP contribution in [0.2, 0.25) is 0 Å². The molecule has 0 radical (unpaired) electrons. The van der Waals surface area contributed by atoms with Gasteiger partial charge in [0, 0.05) is 18.9 Å². The third kappa shape index (κ3) is 34.6. The molecule has 2 amide bonds. The first-order chi connectivity index (χ1) is 25.0. The second kappa shape index (κ2) is 35.5. The fourth-order valence-electron chi connectivity index (χ4n) is 3.46. The van der Waals surface area contributed by atoms with E-state index in [2.05, 4.69) is 10.6 Å². The molecule has 0 aliphatic carbocycles. The number of amides is 2. The van der Waals surface area contributed by atoms with Crippen LogP contribution in [0, 0.1) is 0 Å². The molecule has 0 bridgehead atoms. The Kier molecular flexibility index (Phi) is 33.8. The molecule has 0 saturated heterocycles. The Hall–Kier alpha value is -2.50. The zero-order valence-electron chi connectivity index (χ0n) is 30.5. The Morgan fingerprint density at radius 1 is 0.635 bits per heavy atom. The van der Waals surface area contributed by atoms with Gasteiger partial charge in [-0.3, -0.25) is 24.0 Å². The van der Waals surface area contributed by atoms with Crippen molar-refractivity contribution in [2.75, 3.05) is 118 Å². The summed E-state index contributed by atoms with van der Waals surface area (Å²) in [5.41, 5.74) is 0. The molecule has 0 aromatic heterocycles. The third-order valence-electron chi connectivity index (χ3n) is 5.85. The van der Waals surface area contributed by atoms with Gasteiger partial charge in [0.15, 0.2) is 6.61 Å². The van der Waals surface area contributed by atoms with Crippen molar-refractivity contribution in [1.82, 2.24) is 10.6 Å². The Bertz CT molecular complexity index is 919. The van der Waals surface area contributed by atoms with Gasteiger partial charge in [-0.25, -0.2) is 9.78 Å². The van der Waals surface area contributed by atoms with Gasteiger partial charge in [0.25, 0.3) is 0 Å². The predicted molar refractivity (Wildman–Crippen MR) is 185 cm³/mol. The van der Waals surface area contributed by atoms with E-state index in [0.717, 1.165) is 18.2 Å². The molecule has 0 aromatic rings. The molecule has 52 heavy (non-hydrogen) atoms. The van der Waals surface area contributed by atoms with Crippen molar-refractivity contribution in [2.24, 2.45) is 0 Å². The predicted octanol–water partition coefficient (Wildman–Crippen LogP) is 0.0646. The van der Waals surface area contributed by atoms with Crippen molar-refractivity contribution in [1.29, 1.82) is 0 Å². The maximum absolute atomic E-state index is 12.9. The highest BCUT2D eigenvalue weighted by atomic mass is 32.2. The molecule has 0 rings (SSSR count). The Balaban J connectivity index is 4.63. The monoisotopic (exact) mass is 774 g/mol. The highest BCUT2D eigenvalue weighted by Gasteiger charge is 2.22. The van der Waals surface area contributed by atoms with Gasteiger partial charge >= 0.3 is 11.9 Å². The molecule has 0 aliphatic heterocycles. The van der Waals surface area contributed by atoms with Crippen LogP contribution in [0.5, 0.6) is 0 Å². The zero-order valence-corrected chi connectivity index (χ0v) is 31.3. The van der Waals surface area contributed by atoms with Crippen LogP contribution in [0.4, 0.5) is 0 Å². The molecule has 1 atom stereocenters. The second-order valence-electron chi connectivity index (χ2n) is 10.9. The van der Waals surface area contributed by atoms with Gasteiger partial charge in [-0.15, -0.1) is 0 Å². The first-order valence-electron chi connectivity index (χ1n) is 17.1. The molecule has 0 spiro atoms. The topological polar surface area (TPSA) is 242 Å². The molecular weight excluding hydrogens is 716 g/mol. The first kappa shape index (κ1) is 49.5. The number of carboxylic acid groups (broad SMARTS) is 2. The number of thioether (sulfide) groups is 1. The van der Waals surface area contributed by atoms with Crippen LogP contribution < -0.4 is 10.6 Å². The number of nitrogens with one attached hydrogen (secondary N) is 2. The quantitative estimate of drug-likeness (QED) is 0.0368. The SMILES string of the molecule is CCCOCCOCC(=O)NCC(NC(=O)COOC(C)C)C(=O)SCCOCCOC(COCCOCCC(=O)O)COCCOCCC(=O)O. The third-order valence-corrected chi connectivity index (χ3v) is 6.79. The van der Waals surface area contributed by atoms with Crippen LogP contribution >= 0.6 is 11.8 Å². The summed E-state index contributed by atoms with van der Waals surface area (Å²) in [4.78, 5) is 68.4. The molecule has 0 heterocycles. The van der Waals surface area contributed by atoms with Gasteiger partial charge < -0.3 is 58.7 Å². The fraction of sp³-hybridized carbons (Fsp3) is 0.844. The smallest absolute Gasteiger partial charge is 0.305 e. The van der Waals surface area contributed by atoms with E-state index in [9.17, 15) is 24.0 Å². The number of carboxylic acids is 2. The summed E-state index contributed by atoms with van der Waals surface area (Å²) in [6.07, 6.45) is -0.0840. The maximum atomic E-state index is 12.9. The summed E-state index contributed by atoms with van der Waals surface area (Å²) >= 11 is 0.922. The number of aliphatic carboxylic acids is 2. The van der Waals surface area contributed by atoms with E-state index in [1.165, 1.54) is 0 Å². The number of ether oxygens (including phenoxy) is 8. The normalized spacial score (nSPS) is 11.9. The van der Waals surface area contributed by atoms with Gasteiger partial charge in [-0.05, 0) is 20.3 Å². The first-order valence-corrected chi connectivity index (χ1v) is 18.1. The maximum Gasteiger partial charge on any atom is 0.305 e. The molecular formula is C32H58N2O17S. The minimum Gasteiger partial charge on any atom is -0.481 e. The van der Waals surface area contributed by atoms with E-state index in [0.29, 0.717) is 13.2 Å². The van der Waals surface area contributed by atoms with Gasteiger partial charge in [0.2, 0.25) is 16.9 Å². The van der Waals surface area contributed by atoms with Crippen molar-refractivity contribution >= 4 is 40.6 Å². The average molecular weight is 775 g/mol. The summed E-state index contributed by atoms with van der Waals surface area (Å²) in [6.45, 7) is 7.64. The minimum atomic E-state index is -1.05. The van der Waals surface area contributed by atoms with Crippen molar-refractivity contribution < 1.29 is 81.9 Å². The summed E-state index contributed by atoms with van der Waals surface area (Å²) in [5.74, 6) is -2.72. The molecule has 19 nitrogen and oxygen atoms in total. The lowest BCUT2D eigenvalue weighted by atomic mass is 10.3. The highest BCUT2D eigenvalue weighted by molar-refractivity contribution is 8.13. The van der Waals surface area contributed by atoms with Gasteiger partial charge in [-0.2, -0.15) is 0 Å². The molecule has 0 saturated carbocycles. The minimum absolute atomic E-state index is 0.0742. The average Bonchev–Trinajstić information content (AvgIpc) is 3.09. The number of rotatable bonds is 38.